The van der Waals surface area contributed by atoms with Crippen LogP contribution in [-0.2, 0) is 0 Å². The number of benzene rings is 1. The van der Waals surface area contributed by atoms with Crippen LogP contribution in [0.5, 0.6) is 0 Å². The summed E-state index contributed by atoms with van der Waals surface area (Å²) in [6.07, 6.45) is 0. The van der Waals surface area contributed by atoms with Gasteiger partial charge >= 0.3 is 5.97 Å². The van der Waals surface area contributed by atoms with Gasteiger partial charge in [-0.1, -0.05) is 23.2 Å². The minimum absolute atomic E-state index is 0.104. The topological polar surface area (TPSA) is 50.2 Å². The van der Waals surface area contributed by atoms with Gasteiger partial charge in [0.2, 0.25) is 0 Å². The predicted octanol–water partition coefficient (Wildman–Crippen LogP) is 2.89. The molecule has 1 aromatic heterocycles. The first-order valence-corrected chi connectivity index (χ1v) is 4.76. The second-order valence-corrected chi connectivity index (χ2v) is 3.73. The first-order chi connectivity index (χ1) is 7.08. The average Bonchev–Trinajstić information content (AvgIpc) is 2.15. The highest BCUT2D eigenvalue weighted by atomic mass is 35.5. The molecule has 0 aliphatic rings. The Kier molecular flexibility index (Phi) is 2.32. The maximum absolute atomic E-state index is 10.8. The molecular weight excluding hydrogens is 214 g/mol. The Morgan fingerprint density at radius 1 is 1.40 bits per heavy atom. The Balaban J connectivity index is 2.76. The van der Waals surface area contributed by atoms with Gasteiger partial charge in [-0.3, -0.25) is 0 Å². The molecule has 0 spiro atoms. The van der Waals surface area contributed by atoms with E-state index in [2.05, 4.69) is 4.98 Å². The van der Waals surface area contributed by atoms with E-state index >= 15 is 0 Å². The van der Waals surface area contributed by atoms with Crippen LogP contribution >= 0.6 is 11.6 Å². The van der Waals surface area contributed by atoms with Gasteiger partial charge in [0.15, 0.2) is 5.69 Å². The van der Waals surface area contributed by atoms with Crippen LogP contribution in [0.2, 0.25) is 5.02 Å². The van der Waals surface area contributed by atoms with Gasteiger partial charge in [-0.25, -0.2) is 9.78 Å². The number of hydrogen-bond acceptors (Lipinski definition) is 2. The van der Waals surface area contributed by atoms with Crippen LogP contribution in [0.4, 0.5) is 0 Å². The highest BCUT2D eigenvalue weighted by molar-refractivity contribution is 6.33. The number of rotatable bonds is 1. The van der Waals surface area contributed by atoms with E-state index in [1.807, 2.05) is 19.1 Å². The van der Waals surface area contributed by atoms with Crippen molar-refractivity contribution in [2.24, 2.45) is 0 Å². The number of nitrogens with zero attached hydrogens (tertiary/aromatic N) is 1. The van der Waals surface area contributed by atoms with Gasteiger partial charge < -0.3 is 5.11 Å². The van der Waals surface area contributed by atoms with Crippen molar-refractivity contribution < 1.29 is 9.90 Å². The quantitative estimate of drug-likeness (QED) is 0.806. The average molecular weight is 222 g/mol. The second kappa shape index (κ2) is 3.51. The van der Waals surface area contributed by atoms with Crippen molar-refractivity contribution in [1.82, 2.24) is 4.98 Å². The summed E-state index contributed by atoms with van der Waals surface area (Å²) in [5.41, 5.74) is 1.62. The summed E-state index contributed by atoms with van der Waals surface area (Å²) in [6.45, 7) is 1.96. The molecule has 1 aromatic carbocycles. The number of fused-ring (bicyclic) bond motifs is 1. The molecule has 2 rings (SSSR count). The smallest absolute Gasteiger partial charge is 0.356 e. The number of pyridine rings is 1. The van der Waals surface area contributed by atoms with E-state index in [1.165, 1.54) is 0 Å². The number of carbonyl (C=O) groups is 1. The maximum atomic E-state index is 10.8. The van der Waals surface area contributed by atoms with Crippen molar-refractivity contribution in [3.63, 3.8) is 0 Å². The Morgan fingerprint density at radius 3 is 2.80 bits per heavy atom. The van der Waals surface area contributed by atoms with Crippen LogP contribution in [0.15, 0.2) is 24.3 Å². The molecule has 15 heavy (non-hydrogen) atoms. The molecule has 0 amide bonds. The molecule has 0 saturated heterocycles. The number of hydrogen-bond donors (Lipinski definition) is 1. The summed E-state index contributed by atoms with van der Waals surface area (Å²) in [6, 6.07) is 7.21. The molecule has 3 nitrogen and oxygen atoms in total. The molecule has 0 radical (unpaired) electrons. The summed E-state index contributed by atoms with van der Waals surface area (Å²) in [5, 5.41) is 9.85. The van der Waals surface area contributed by atoms with Crippen molar-refractivity contribution in [1.29, 1.82) is 0 Å². The number of carboxylic acids is 1. The lowest BCUT2D eigenvalue weighted by atomic mass is 10.1. The van der Waals surface area contributed by atoms with Gasteiger partial charge in [-0.05, 0) is 25.1 Å². The molecule has 0 unspecified atom stereocenters. The fraction of sp³-hybridized carbons (Fsp3) is 0.0909. The predicted molar refractivity (Wildman–Crippen MR) is 58.4 cm³/mol. The molecule has 0 aliphatic carbocycles. The van der Waals surface area contributed by atoms with E-state index in [0.29, 0.717) is 5.52 Å². The molecular formula is C11H8ClNO2. The Hall–Kier alpha value is -1.61. The van der Waals surface area contributed by atoms with E-state index in [0.717, 1.165) is 10.9 Å². The summed E-state index contributed by atoms with van der Waals surface area (Å²) < 4.78 is 0. The molecule has 2 aromatic rings. The van der Waals surface area contributed by atoms with E-state index in [1.54, 1.807) is 12.1 Å². The SMILES string of the molecule is Cc1ccc2nc(C(=O)O)c(Cl)cc2c1. The number of carboxylic acid groups (broad SMARTS) is 1. The lowest BCUT2D eigenvalue weighted by Gasteiger charge is -2.02. The van der Waals surface area contributed by atoms with Gasteiger partial charge in [-0.2, -0.15) is 0 Å². The van der Waals surface area contributed by atoms with Gasteiger partial charge in [0.1, 0.15) is 0 Å². The van der Waals surface area contributed by atoms with Crippen LogP contribution < -0.4 is 0 Å². The fourth-order valence-electron chi connectivity index (χ4n) is 1.42. The number of aromatic carboxylic acids is 1. The molecule has 4 heteroatoms. The van der Waals surface area contributed by atoms with Gasteiger partial charge in [-0.15, -0.1) is 0 Å². The van der Waals surface area contributed by atoms with Crippen LogP contribution in [-0.4, -0.2) is 16.1 Å². The molecule has 0 aliphatic heterocycles. The van der Waals surface area contributed by atoms with Crippen LogP contribution in [0.3, 0.4) is 0 Å². The molecule has 1 N–H and O–H groups in total. The first-order valence-electron chi connectivity index (χ1n) is 4.38. The summed E-state index contributed by atoms with van der Waals surface area (Å²) in [7, 11) is 0. The highest BCUT2D eigenvalue weighted by Gasteiger charge is 2.11. The third-order valence-corrected chi connectivity index (χ3v) is 2.41. The van der Waals surface area contributed by atoms with E-state index in [-0.39, 0.29) is 10.7 Å². The number of halogens is 1. The van der Waals surface area contributed by atoms with Gasteiger partial charge in [0, 0.05) is 5.39 Å². The summed E-state index contributed by atoms with van der Waals surface area (Å²) in [5.74, 6) is -1.11. The van der Waals surface area contributed by atoms with Gasteiger partial charge in [0.05, 0.1) is 10.5 Å². The number of aryl methyl sites for hydroxylation is 1. The molecule has 76 valence electrons. The zero-order valence-electron chi connectivity index (χ0n) is 7.99. The second-order valence-electron chi connectivity index (χ2n) is 3.32. The third kappa shape index (κ3) is 1.78. The van der Waals surface area contributed by atoms with Crippen LogP contribution in [0.1, 0.15) is 16.1 Å². The lowest BCUT2D eigenvalue weighted by Crippen LogP contribution is -2.01. The molecule has 1 heterocycles. The molecule has 0 bridgehead atoms. The zero-order valence-corrected chi connectivity index (χ0v) is 8.75. The first kappa shape index (κ1) is 9.93. The van der Waals surface area contributed by atoms with Crippen molar-refractivity contribution in [3.05, 3.63) is 40.5 Å². The monoisotopic (exact) mass is 221 g/mol. The van der Waals surface area contributed by atoms with Crippen molar-refractivity contribution in [2.75, 3.05) is 0 Å². The Labute approximate surface area is 91.3 Å². The molecule has 0 atom stereocenters. The highest BCUT2D eigenvalue weighted by Crippen LogP contribution is 2.21. The standard InChI is InChI=1S/C11H8ClNO2/c1-6-2-3-9-7(4-6)5-8(12)10(13-9)11(14)15/h2-5H,1H3,(H,14,15). The Morgan fingerprint density at radius 2 is 2.13 bits per heavy atom. The fourth-order valence-corrected chi connectivity index (χ4v) is 1.66. The third-order valence-electron chi connectivity index (χ3n) is 2.13. The molecule has 0 saturated carbocycles. The van der Waals surface area contributed by atoms with E-state index in [9.17, 15) is 4.79 Å². The van der Waals surface area contributed by atoms with Crippen molar-refractivity contribution in [3.8, 4) is 0 Å². The summed E-state index contributed by atoms with van der Waals surface area (Å²) >= 11 is 5.81. The number of aromatic nitrogens is 1. The van der Waals surface area contributed by atoms with Crippen molar-refractivity contribution >= 4 is 28.5 Å². The minimum Gasteiger partial charge on any atom is -0.476 e. The lowest BCUT2D eigenvalue weighted by molar-refractivity contribution is 0.0691. The normalized spacial score (nSPS) is 10.5. The van der Waals surface area contributed by atoms with Crippen LogP contribution in [0, 0.1) is 6.92 Å². The minimum atomic E-state index is -1.11. The zero-order chi connectivity index (χ0) is 11.0. The largest absolute Gasteiger partial charge is 0.476 e. The van der Waals surface area contributed by atoms with E-state index < -0.39 is 5.97 Å². The van der Waals surface area contributed by atoms with Crippen LogP contribution in [0.25, 0.3) is 10.9 Å². The Bertz CT molecular complexity index is 552. The molecule has 0 fully saturated rings. The van der Waals surface area contributed by atoms with Crippen molar-refractivity contribution in [2.45, 2.75) is 6.92 Å². The van der Waals surface area contributed by atoms with E-state index in [4.69, 9.17) is 16.7 Å². The maximum Gasteiger partial charge on any atom is 0.356 e. The van der Waals surface area contributed by atoms with Gasteiger partial charge in [0.25, 0.3) is 0 Å². The summed E-state index contributed by atoms with van der Waals surface area (Å²) in [4.78, 5) is 14.8.